The van der Waals surface area contributed by atoms with Gasteiger partial charge in [0.2, 0.25) is 0 Å². The van der Waals surface area contributed by atoms with Crippen LogP contribution in [0.25, 0.3) is 5.57 Å². The van der Waals surface area contributed by atoms with Crippen LogP contribution in [0, 0.1) is 5.92 Å². The molecule has 1 aliphatic rings. The van der Waals surface area contributed by atoms with Gasteiger partial charge in [-0.1, -0.05) is 6.08 Å². The Balaban J connectivity index is 2.33. The highest BCUT2D eigenvalue weighted by Crippen LogP contribution is 2.33. The van der Waals surface area contributed by atoms with Gasteiger partial charge in [-0.3, -0.25) is 9.59 Å². The van der Waals surface area contributed by atoms with Gasteiger partial charge in [-0.2, -0.15) is 0 Å². The van der Waals surface area contributed by atoms with E-state index in [0.29, 0.717) is 11.3 Å². The number of aliphatic hydroxyl groups excluding tert-OH is 1. The Morgan fingerprint density at radius 2 is 2.20 bits per heavy atom. The van der Waals surface area contributed by atoms with Crippen molar-refractivity contribution in [1.29, 1.82) is 0 Å². The molecule has 0 aromatic carbocycles. The molecule has 0 amide bonds. The van der Waals surface area contributed by atoms with Gasteiger partial charge in [-0.05, 0) is 12.1 Å². The summed E-state index contributed by atoms with van der Waals surface area (Å²) in [6.45, 7) is 1.25. The van der Waals surface area contributed by atoms with Crippen molar-refractivity contribution in [3.05, 3.63) is 30.2 Å². The maximum Gasteiger partial charge on any atom is 0.312 e. The van der Waals surface area contributed by atoms with Crippen LogP contribution in [0.5, 0.6) is 0 Å². The maximum absolute atomic E-state index is 11.7. The summed E-state index contributed by atoms with van der Waals surface area (Å²) < 4.78 is 15.0. The Hall–Kier alpha value is -2.08. The van der Waals surface area contributed by atoms with Crippen molar-refractivity contribution in [2.45, 2.75) is 25.6 Å². The van der Waals surface area contributed by atoms with E-state index in [4.69, 9.17) is 13.9 Å². The molecular weight excluding hydrogens is 264 g/mol. The summed E-state index contributed by atoms with van der Waals surface area (Å²) in [5.41, 5.74) is 0.419. The summed E-state index contributed by atoms with van der Waals surface area (Å²) in [6.07, 6.45) is 1.39. The third-order valence-corrected chi connectivity index (χ3v) is 3.16. The second kappa shape index (κ2) is 5.92. The molecule has 6 nitrogen and oxygen atoms in total. The molecule has 0 spiro atoms. The Kier molecular flexibility index (Phi) is 4.24. The van der Waals surface area contributed by atoms with Gasteiger partial charge in [0, 0.05) is 18.9 Å². The molecule has 0 saturated heterocycles. The highest BCUT2D eigenvalue weighted by molar-refractivity contribution is 5.80. The predicted octanol–water partition coefficient (Wildman–Crippen LogP) is 1.15. The van der Waals surface area contributed by atoms with E-state index in [-0.39, 0.29) is 6.42 Å². The molecule has 0 radical (unpaired) electrons. The minimum absolute atomic E-state index is 0.178. The third-order valence-electron chi connectivity index (χ3n) is 3.16. The second-order valence-corrected chi connectivity index (χ2v) is 4.56. The van der Waals surface area contributed by atoms with Crippen LogP contribution in [-0.2, 0) is 19.1 Å². The number of hydrogen-bond acceptors (Lipinski definition) is 6. The summed E-state index contributed by atoms with van der Waals surface area (Å²) in [7, 11) is 1.29. The van der Waals surface area contributed by atoms with E-state index in [1.165, 1.54) is 20.3 Å². The molecule has 20 heavy (non-hydrogen) atoms. The zero-order chi connectivity index (χ0) is 14.7. The van der Waals surface area contributed by atoms with E-state index < -0.39 is 30.1 Å². The van der Waals surface area contributed by atoms with Gasteiger partial charge in [0.05, 0.1) is 19.3 Å². The molecule has 1 heterocycles. The molecule has 108 valence electrons. The zero-order valence-electron chi connectivity index (χ0n) is 11.2. The maximum atomic E-state index is 11.7. The van der Waals surface area contributed by atoms with Crippen LogP contribution in [-0.4, -0.2) is 36.4 Å². The van der Waals surface area contributed by atoms with E-state index in [0.717, 1.165) is 0 Å². The number of rotatable bonds is 3. The molecule has 1 aliphatic carbocycles. The van der Waals surface area contributed by atoms with Crippen LogP contribution in [0.2, 0.25) is 0 Å². The molecule has 0 bridgehead atoms. The lowest BCUT2D eigenvalue weighted by molar-refractivity contribution is -0.156. The number of esters is 2. The molecule has 6 heteroatoms. The molecule has 1 N–H and O–H groups in total. The number of methoxy groups -OCH3 is 1. The normalized spacial score (nSPS) is 25.8. The molecule has 0 fully saturated rings. The quantitative estimate of drug-likeness (QED) is 0.836. The lowest BCUT2D eigenvalue weighted by atomic mass is 9.85. The van der Waals surface area contributed by atoms with Crippen LogP contribution in [0.4, 0.5) is 0 Å². The van der Waals surface area contributed by atoms with Gasteiger partial charge in [0.25, 0.3) is 0 Å². The van der Waals surface area contributed by atoms with Gasteiger partial charge >= 0.3 is 11.9 Å². The summed E-state index contributed by atoms with van der Waals surface area (Å²) in [6, 6.07) is 3.34. The highest BCUT2D eigenvalue weighted by Gasteiger charge is 2.37. The molecule has 1 aromatic heterocycles. The van der Waals surface area contributed by atoms with Crippen molar-refractivity contribution in [1.82, 2.24) is 0 Å². The van der Waals surface area contributed by atoms with Crippen molar-refractivity contribution >= 4 is 17.5 Å². The first-order valence-corrected chi connectivity index (χ1v) is 6.21. The lowest BCUT2D eigenvalue weighted by Gasteiger charge is -2.30. The van der Waals surface area contributed by atoms with Gasteiger partial charge in [-0.15, -0.1) is 0 Å². The first-order chi connectivity index (χ1) is 9.52. The predicted molar refractivity (Wildman–Crippen MR) is 68.4 cm³/mol. The third kappa shape index (κ3) is 2.91. The van der Waals surface area contributed by atoms with E-state index in [1.54, 1.807) is 18.2 Å². The molecule has 1 aromatic rings. The van der Waals surface area contributed by atoms with Crippen molar-refractivity contribution in [3.8, 4) is 0 Å². The molecule has 3 atom stereocenters. The standard InChI is InChI=1S/C14H16O6/c1-8(15)20-12-7-9(14(17)18-2)6-10(13(12)16)11-4-3-5-19-11/h3-6,9,12-13,16H,7H2,1-2H3/t9?,12?,13-/m1/s1. The number of ether oxygens (including phenoxy) is 2. The number of aliphatic hydroxyl groups is 1. The molecular formula is C14H16O6. The van der Waals surface area contributed by atoms with Crippen LogP contribution < -0.4 is 0 Å². The zero-order valence-corrected chi connectivity index (χ0v) is 11.2. The minimum Gasteiger partial charge on any atom is -0.469 e. The first kappa shape index (κ1) is 14.3. The van der Waals surface area contributed by atoms with Crippen LogP contribution >= 0.6 is 0 Å². The molecule has 0 saturated carbocycles. The first-order valence-electron chi connectivity index (χ1n) is 6.21. The van der Waals surface area contributed by atoms with Crippen molar-refractivity contribution in [3.63, 3.8) is 0 Å². The van der Waals surface area contributed by atoms with Gasteiger partial charge in [0.15, 0.2) is 0 Å². The topological polar surface area (TPSA) is 86.0 Å². The lowest BCUT2D eigenvalue weighted by Crippen LogP contribution is -2.38. The van der Waals surface area contributed by atoms with Crippen LogP contribution in [0.1, 0.15) is 19.1 Å². The minimum atomic E-state index is -1.04. The SMILES string of the molecule is COC(=O)C1C=C(c2ccco2)[C@@H](O)C(OC(C)=O)C1. The Morgan fingerprint density at radius 1 is 1.45 bits per heavy atom. The molecule has 2 unspecified atom stereocenters. The van der Waals surface area contributed by atoms with Crippen molar-refractivity contribution in [2.24, 2.45) is 5.92 Å². The van der Waals surface area contributed by atoms with E-state index in [9.17, 15) is 14.7 Å². The van der Waals surface area contributed by atoms with Crippen molar-refractivity contribution < 1.29 is 28.6 Å². The number of carbonyl (C=O) groups excluding carboxylic acids is 2. The van der Waals surface area contributed by atoms with Crippen molar-refractivity contribution in [2.75, 3.05) is 7.11 Å². The highest BCUT2D eigenvalue weighted by atomic mass is 16.6. The summed E-state index contributed by atoms with van der Waals surface area (Å²) in [5.74, 6) is -1.12. The van der Waals surface area contributed by atoms with E-state index >= 15 is 0 Å². The average molecular weight is 280 g/mol. The average Bonchev–Trinajstić information content (AvgIpc) is 2.93. The monoisotopic (exact) mass is 280 g/mol. The summed E-state index contributed by atoms with van der Waals surface area (Å²) >= 11 is 0. The fourth-order valence-electron chi connectivity index (χ4n) is 2.27. The largest absolute Gasteiger partial charge is 0.469 e. The fraction of sp³-hybridized carbons (Fsp3) is 0.429. The Labute approximate surface area is 116 Å². The molecule has 2 rings (SSSR count). The van der Waals surface area contributed by atoms with Gasteiger partial charge in [0.1, 0.15) is 18.0 Å². The molecule has 0 aliphatic heterocycles. The van der Waals surface area contributed by atoms with E-state index in [2.05, 4.69) is 0 Å². The van der Waals surface area contributed by atoms with Gasteiger partial charge in [-0.25, -0.2) is 0 Å². The Bertz CT molecular complexity index is 516. The van der Waals surface area contributed by atoms with Crippen LogP contribution in [0.3, 0.4) is 0 Å². The number of furan rings is 1. The smallest absolute Gasteiger partial charge is 0.312 e. The summed E-state index contributed by atoms with van der Waals surface area (Å²) in [5, 5.41) is 10.3. The van der Waals surface area contributed by atoms with E-state index in [1.807, 2.05) is 0 Å². The number of hydrogen-bond donors (Lipinski definition) is 1. The Morgan fingerprint density at radius 3 is 2.75 bits per heavy atom. The van der Waals surface area contributed by atoms with Crippen LogP contribution in [0.15, 0.2) is 28.9 Å². The fourth-order valence-corrected chi connectivity index (χ4v) is 2.27. The van der Waals surface area contributed by atoms with Gasteiger partial charge < -0.3 is 19.0 Å². The second-order valence-electron chi connectivity index (χ2n) is 4.56. The summed E-state index contributed by atoms with van der Waals surface area (Å²) in [4.78, 5) is 22.8. The number of carbonyl (C=O) groups is 2.